The van der Waals surface area contributed by atoms with E-state index in [1.807, 2.05) is 31.2 Å². The van der Waals surface area contributed by atoms with Gasteiger partial charge in [-0.25, -0.2) is 9.48 Å². The van der Waals surface area contributed by atoms with Crippen molar-refractivity contribution in [1.82, 2.24) is 25.0 Å². The average molecular weight is 596 g/mol. The summed E-state index contributed by atoms with van der Waals surface area (Å²) in [5, 5.41) is 17.1. The van der Waals surface area contributed by atoms with E-state index in [0.29, 0.717) is 36.3 Å². The molecule has 9 nitrogen and oxygen atoms in total. The standard InChI is InChI=1S/C26H32ClN5O2.C2HF3O2/c1-2-5-25(33)29-12-4-15-31-14-3-6-21(31)18-32-26(34)22-11-13-28-17-23(22)24(30-32)16-19-7-9-20(27)10-8-19;3-2(4,5)1(6)7/h7-11,13,17,21H,2-6,12,14-16,18H2,1H3,(H,29,33);(H,6,7)/t21-;/m1./s1. The molecule has 1 fully saturated rings. The molecule has 3 heterocycles. The molecule has 4 rings (SSSR count). The van der Waals surface area contributed by atoms with Crippen molar-refractivity contribution in [2.24, 2.45) is 0 Å². The van der Waals surface area contributed by atoms with Crippen LogP contribution in [-0.4, -0.2) is 68.5 Å². The van der Waals surface area contributed by atoms with Crippen LogP contribution in [0.4, 0.5) is 13.2 Å². The second-order valence-electron chi connectivity index (χ2n) is 9.75. The van der Waals surface area contributed by atoms with Crippen LogP contribution in [0.3, 0.4) is 0 Å². The maximum Gasteiger partial charge on any atom is 0.490 e. The quantitative estimate of drug-likeness (QED) is 0.333. The number of aliphatic carboxylic acids is 1. The monoisotopic (exact) mass is 595 g/mol. The van der Waals surface area contributed by atoms with E-state index in [0.717, 1.165) is 55.4 Å². The van der Waals surface area contributed by atoms with Crippen molar-refractivity contribution in [3.8, 4) is 0 Å². The summed E-state index contributed by atoms with van der Waals surface area (Å²) in [4.78, 5) is 40.5. The first-order valence-corrected chi connectivity index (χ1v) is 13.8. The third-order valence-electron chi connectivity index (χ3n) is 6.67. The molecule has 1 aliphatic rings. The summed E-state index contributed by atoms with van der Waals surface area (Å²) >= 11 is 6.04. The number of carboxylic acids is 1. The Kier molecular flexibility index (Phi) is 11.7. The number of hydrogen-bond acceptors (Lipinski definition) is 6. The zero-order chi connectivity index (χ0) is 30.0. The Morgan fingerprint density at radius 2 is 1.88 bits per heavy atom. The van der Waals surface area contributed by atoms with Gasteiger partial charge in [0.1, 0.15) is 0 Å². The van der Waals surface area contributed by atoms with Crippen LogP contribution in [0.15, 0.2) is 47.5 Å². The number of amides is 1. The molecule has 13 heteroatoms. The maximum absolute atomic E-state index is 13.3. The van der Waals surface area contributed by atoms with Crippen LogP contribution in [0.25, 0.3) is 10.8 Å². The number of nitrogens with zero attached hydrogens (tertiary/aromatic N) is 4. The minimum Gasteiger partial charge on any atom is -0.475 e. The number of nitrogens with one attached hydrogen (secondary N) is 1. The van der Waals surface area contributed by atoms with E-state index in [1.54, 1.807) is 23.1 Å². The fourth-order valence-corrected chi connectivity index (χ4v) is 4.79. The molecule has 0 spiro atoms. The Morgan fingerprint density at radius 1 is 1.17 bits per heavy atom. The van der Waals surface area contributed by atoms with Gasteiger partial charge in [-0.2, -0.15) is 18.3 Å². The summed E-state index contributed by atoms with van der Waals surface area (Å²) in [6, 6.07) is 9.76. The summed E-state index contributed by atoms with van der Waals surface area (Å²) in [6.07, 6.45) is 3.40. The molecule has 0 unspecified atom stereocenters. The van der Waals surface area contributed by atoms with E-state index in [4.69, 9.17) is 26.6 Å². The van der Waals surface area contributed by atoms with Gasteiger partial charge in [0.25, 0.3) is 5.56 Å². The lowest BCUT2D eigenvalue weighted by Crippen LogP contribution is -2.39. The molecule has 1 amide bonds. The number of hydrogen-bond donors (Lipinski definition) is 2. The molecule has 41 heavy (non-hydrogen) atoms. The molecule has 0 saturated carbocycles. The van der Waals surface area contributed by atoms with Crippen molar-refractivity contribution in [3.05, 3.63) is 69.4 Å². The van der Waals surface area contributed by atoms with Gasteiger partial charge in [-0.05, 0) is 56.0 Å². The number of likely N-dealkylation sites (tertiary alicyclic amines) is 1. The normalized spacial score (nSPS) is 15.4. The van der Waals surface area contributed by atoms with Gasteiger partial charge in [0.15, 0.2) is 0 Å². The smallest absolute Gasteiger partial charge is 0.475 e. The molecule has 1 atom stereocenters. The molecule has 222 valence electrons. The highest BCUT2D eigenvalue weighted by molar-refractivity contribution is 6.30. The highest BCUT2D eigenvalue weighted by Crippen LogP contribution is 2.21. The van der Waals surface area contributed by atoms with Crippen LogP contribution in [0.1, 0.15) is 50.3 Å². The summed E-state index contributed by atoms with van der Waals surface area (Å²) in [6.45, 7) is 5.17. The number of alkyl halides is 3. The third-order valence-corrected chi connectivity index (χ3v) is 6.92. The first kappa shape index (κ1) is 32.0. The molecular formula is C28H33ClF3N5O4. The van der Waals surface area contributed by atoms with Crippen molar-refractivity contribution in [1.29, 1.82) is 0 Å². The van der Waals surface area contributed by atoms with E-state index in [2.05, 4.69) is 15.2 Å². The molecule has 1 saturated heterocycles. The molecule has 2 aromatic heterocycles. The van der Waals surface area contributed by atoms with Gasteiger partial charge in [0.2, 0.25) is 5.91 Å². The Hall–Kier alpha value is -3.51. The lowest BCUT2D eigenvalue weighted by atomic mass is 10.1. The Balaban J connectivity index is 0.000000587. The van der Waals surface area contributed by atoms with Crippen LogP contribution in [0, 0.1) is 0 Å². The van der Waals surface area contributed by atoms with Gasteiger partial charge in [0.05, 0.1) is 17.6 Å². The zero-order valence-corrected chi connectivity index (χ0v) is 23.4. The molecular weight excluding hydrogens is 563 g/mol. The van der Waals surface area contributed by atoms with Crippen molar-refractivity contribution >= 4 is 34.2 Å². The minimum atomic E-state index is -5.08. The van der Waals surface area contributed by atoms with E-state index in [-0.39, 0.29) is 17.5 Å². The van der Waals surface area contributed by atoms with E-state index in [9.17, 15) is 22.8 Å². The van der Waals surface area contributed by atoms with E-state index >= 15 is 0 Å². The van der Waals surface area contributed by atoms with Crippen LogP contribution in [0.5, 0.6) is 0 Å². The van der Waals surface area contributed by atoms with Gasteiger partial charge in [-0.1, -0.05) is 30.7 Å². The summed E-state index contributed by atoms with van der Waals surface area (Å²) in [7, 11) is 0. The van der Waals surface area contributed by atoms with E-state index < -0.39 is 12.1 Å². The Bertz CT molecular complexity index is 1380. The lowest BCUT2D eigenvalue weighted by Gasteiger charge is -2.25. The van der Waals surface area contributed by atoms with Crippen LogP contribution < -0.4 is 10.9 Å². The Morgan fingerprint density at radius 3 is 2.54 bits per heavy atom. The minimum absolute atomic E-state index is 0.0732. The predicted molar refractivity (Wildman–Crippen MR) is 149 cm³/mol. The van der Waals surface area contributed by atoms with Gasteiger partial charge in [-0.3, -0.25) is 19.5 Å². The highest BCUT2D eigenvalue weighted by atomic mass is 35.5. The van der Waals surface area contributed by atoms with Crippen molar-refractivity contribution in [3.63, 3.8) is 0 Å². The van der Waals surface area contributed by atoms with Crippen molar-refractivity contribution in [2.75, 3.05) is 19.6 Å². The number of carbonyl (C=O) groups is 2. The number of fused-ring (bicyclic) bond motifs is 1. The molecule has 0 bridgehead atoms. The number of pyridine rings is 1. The van der Waals surface area contributed by atoms with Gasteiger partial charge >= 0.3 is 12.1 Å². The maximum atomic E-state index is 13.3. The number of halogens is 4. The number of carboxylic acid groups (broad SMARTS) is 1. The molecule has 0 radical (unpaired) electrons. The zero-order valence-electron chi connectivity index (χ0n) is 22.7. The number of benzene rings is 1. The molecule has 3 aromatic rings. The summed E-state index contributed by atoms with van der Waals surface area (Å²) < 4.78 is 33.4. The number of aromatic nitrogens is 3. The second kappa shape index (κ2) is 14.9. The fraction of sp³-hybridized carbons (Fsp3) is 0.464. The number of rotatable bonds is 10. The number of carbonyl (C=O) groups excluding carboxylic acids is 1. The second-order valence-corrected chi connectivity index (χ2v) is 10.2. The average Bonchev–Trinajstić information content (AvgIpc) is 3.37. The summed E-state index contributed by atoms with van der Waals surface area (Å²) in [5.41, 5.74) is 1.85. The van der Waals surface area contributed by atoms with Crippen molar-refractivity contribution in [2.45, 2.75) is 64.2 Å². The largest absolute Gasteiger partial charge is 0.490 e. The van der Waals surface area contributed by atoms with Gasteiger partial charge < -0.3 is 10.4 Å². The van der Waals surface area contributed by atoms with Gasteiger partial charge in [0, 0.05) is 54.8 Å². The topological polar surface area (TPSA) is 117 Å². The molecule has 1 aromatic carbocycles. The van der Waals surface area contributed by atoms with E-state index in [1.165, 1.54) is 0 Å². The highest BCUT2D eigenvalue weighted by Gasteiger charge is 2.38. The first-order valence-electron chi connectivity index (χ1n) is 13.4. The van der Waals surface area contributed by atoms with Crippen LogP contribution >= 0.6 is 11.6 Å². The molecule has 1 aliphatic heterocycles. The van der Waals surface area contributed by atoms with Crippen LogP contribution in [-0.2, 0) is 22.6 Å². The van der Waals surface area contributed by atoms with Crippen LogP contribution in [0.2, 0.25) is 5.02 Å². The van der Waals surface area contributed by atoms with Crippen molar-refractivity contribution < 1.29 is 27.9 Å². The lowest BCUT2D eigenvalue weighted by molar-refractivity contribution is -0.192. The SMILES string of the molecule is CCCC(=O)NCCCN1CCC[C@@H]1Cn1nc(Cc2ccc(Cl)cc2)c2cnccc2c1=O.O=C(O)C(F)(F)F. The Labute approximate surface area is 240 Å². The predicted octanol–water partition coefficient (Wildman–Crippen LogP) is 4.44. The first-order chi connectivity index (χ1) is 19.5. The molecule has 0 aliphatic carbocycles. The molecule has 2 N–H and O–H groups in total. The summed E-state index contributed by atoms with van der Waals surface area (Å²) in [5.74, 6) is -2.64. The van der Waals surface area contributed by atoms with Gasteiger partial charge in [-0.15, -0.1) is 0 Å². The third kappa shape index (κ3) is 9.53. The fourth-order valence-electron chi connectivity index (χ4n) is 4.67.